The number of carbonyl (C=O) groups is 4. The number of nitrogens with two attached hydrogens (primary N) is 2. The first-order chi connectivity index (χ1) is 25.0. The lowest BCUT2D eigenvalue weighted by Gasteiger charge is -2.51. The number of aromatic nitrogens is 3. The first-order valence-electron chi connectivity index (χ1n) is 16.1. The van der Waals surface area contributed by atoms with Gasteiger partial charge in [0.25, 0.3) is 23.8 Å². The first kappa shape index (κ1) is 39.0. The second kappa shape index (κ2) is 16.2. The van der Waals surface area contributed by atoms with Crippen molar-refractivity contribution in [1.29, 1.82) is 0 Å². The molecule has 0 bridgehead atoms. The number of benzene rings is 1. The lowest BCUT2D eigenvalue weighted by Crippen LogP contribution is -2.76. The van der Waals surface area contributed by atoms with Gasteiger partial charge in [-0.15, -0.1) is 16.0 Å². The number of amides is 3. The van der Waals surface area contributed by atoms with Gasteiger partial charge in [0.2, 0.25) is 16.6 Å². The van der Waals surface area contributed by atoms with Gasteiger partial charge < -0.3 is 46.7 Å². The van der Waals surface area contributed by atoms with E-state index in [9.17, 15) is 37.3 Å². The van der Waals surface area contributed by atoms with Gasteiger partial charge in [-0.1, -0.05) is 5.16 Å². The van der Waals surface area contributed by atoms with Gasteiger partial charge in [-0.3, -0.25) is 14.4 Å². The van der Waals surface area contributed by atoms with Gasteiger partial charge >= 0.3 is 5.97 Å². The third kappa shape index (κ3) is 9.62. The summed E-state index contributed by atoms with van der Waals surface area (Å²) >= 11 is 0.935. The van der Waals surface area contributed by atoms with Crippen LogP contribution in [0.25, 0.3) is 0 Å². The van der Waals surface area contributed by atoms with Gasteiger partial charge in [0.1, 0.15) is 29.7 Å². The van der Waals surface area contributed by atoms with E-state index < -0.39 is 58.2 Å². The van der Waals surface area contributed by atoms with Crippen molar-refractivity contribution < 1.29 is 55.8 Å². The van der Waals surface area contributed by atoms with Crippen molar-refractivity contribution in [2.75, 3.05) is 37.3 Å². The summed E-state index contributed by atoms with van der Waals surface area (Å²) in [6, 6.07) is 4.77. The molecule has 1 aromatic carbocycles. The number of anilines is 2. The lowest BCUT2D eigenvalue weighted by molar-refractivity contribution is -0.781. The molecule has 2 fully saturated rings. The van der Waals surface area contributed by atoms with Crippen LogP contribution < -0.4 is 36.8 Å². The molecular weight excluding hydrogens is 741 g/mol. The number of carbonyl (C=O) groups excluding carboxylic acids is 3. The van der Waals surface area contributed by atoms with Crippen LogP contribution in [0.3, 0.4) is 0 Å². The van der Waals surface area contributed by atoms with E-state index in [2.05, 4.69) is 30.4 Å². The number of nitrogens with one attached hydrogen (secondary N) is 3. The van der Waals surface area contributed by atoms with Gasteiger partial charge in [0.05, 0.1) is 18.3 Å². The Labute approximate surface area is 306 Å². The van der Waals surface area contributed by atoms with Crippen LogP contribution in [0.15, 0.2) is 47.2 Å². The number of aliphatic carboxylic acids is 1. The summed E-state index contributed by atoms with van der Waals surface area (Å²) in [6.45, 7) is 5.87. The predicted molar refractivity (Wildman–Crippen MR) is 184 cm³/mol. The Kier molecular flexibility index (Phi) is 11.9. The van der Waals surface area contributed by atoms with E-state index >= 15 is 0 Å². The summed E-state index contributed by atoms with van der Waals surface area (Å²) < 4.78 is 46.8. The van der Waals surface area contributed by atoms with E-state index in [0.29, 0.717) is 35.3 Å². The quantitative estimate of drug-likeness (QED) is 0.0211. The Morgan fingerprint density at radius 1 is 1.26 bits per heavy atom. The van der Waals surface area contributed by atoms with Crippen LogP contribution in [-0.2, 0) is 47.0 Å². The molecule has 2 saturated heterocycles. The van der Waals surface area contributed by atoms with E-state index in [1.807, 2.05) is 9.36 Å². The number of hydrogen-bond donors (Lipinski definition) is 6. The molecule has 286 valence electrons. The molecule has 3 amide bonds. The average Bonchev–Trinajstić information content (AvgIpc) is 3.70. The fourth-order valence-electron chi connectivity index (χ4n) is 5.26. The number of nitrogens with zero attached hydrogens (tertiary/aromatic N) is 5. The zero-order valence-corrected chi connectivity index (χ0v) is 30.1. The zero-order valence-electron chi connectivity index (χ0n) is 28.5. The van der Waals surface area contributed by atoms with Crippen molar-refractivity contribution in [3.8, 4) is 5.75 Å². The number of carboxylic acids is 1. The number of rotatable bonds is 18. The number of hydrogen-bond acceptors (Lipinski definition) is 16. The number of carboxylic acid groups (broad SMARTS) is 1. The van der Waals surface area contributed by atoms with E-state index in [-0.39, 0.29) is 22.5 Å². The molecular formula is C30H38N10O11S2. The van der Waals surface area contributed by atoms with Gasteiger partial charge in [-0.05, 0) is 51.1 Å². The Balaban J connectivity index is 1.21. The van der Waals surface area contributed by atoms with Gasteiger partial charge in [-0.25, -0.2) is 18.2 Å². The molecule has 21 nitrogen and oxygen atoms in total. The van der Waals surface area contributed by atoms with Gasteiger partial charge in [-0.2, -0.15) is 14.0 Å². The largest absolute Gasteiger partial charge is 0.724 e. The molecule has 2 aromatic heterocycles. The smallest absolute Gasteiger partial charge is 0.351 e. The molecule has 4 heterocycles. The summed E-state index contributed by atoms with van der Waals surface area (Å²) in [7, 11) is -5.29. The molecule has 0 radical (unpaired) electrons. The first-order valence-corrected chi connectivity index (χ1v) is 18.3. The van der Waals surface area contributed by atoms with Gasteiger partial charge in [0, 0.05) is 30.1 Å². The normalized spacial score (nSPS) is 17.7. The van der Waals surface area contributed by atoms with Crippen LogP contribution in [0.4, 0.5) is 10.8 Å². The summed E-state index contributed by atoms with van der Waals surface area (Å²) in [5.41, 5.74) is 10.1. The molecule has 8 N–H and O–H groups in total. The van der Waals surface area contributed by atoms with Gasteiger partial charge in [0.15, 0.2) is 17.4 Å². The monoisotopic (exact) mass is 778 g/mol. The molecule has 2 aliphatic rings. The van der Waals surface area contributed by atoms with Crippen LogP contribution >= 0.6 is 11.3 Å². The van der Waals surface area contributed by atoms with Crippen LogP contribution in [0, 0.1) is 5.92 Å². The molecule has 0 saturated carbocycles. The molecule has 3 aromatic rings. The Bertz CT molecular complexity index is 1980. The lowest BCUT2D eigenvalue weighted by atomic mass is 9.84. The zero-order chi connectivity index (χ0) is 38.5. The summed E-state index contributed by atoms with van der Waals surface area (Å²) in [5, 5.41) is 23.5. The Morgan fingerprint density at radius 3 is 2.55 bits per heavy atom. The molecule has 0 aliphatic carbocycles. The number of hydroxylamine groups is 2. The van der Waals surface area contributed by atoms with Crippen molar-refractivity contribution in [3.05, 3.63) is 53.3 Å². The highest BCUT2D eigenvalue weighted by Gasteiger charge is 2.57. The maximum atomic E-state index is 13.3. The van der Waals surface area contributed by atoms with Crippen LogP contribution in [0.1, 0.15) is 36.3 Å². The van der Waals surface area contributed by atoms with Crippen molar-refractivity contribution in [2.24, 2.45) is 16.8 Å². The minimum Gasteiger partial charge on any atom is -0.724 e. The number of oxime groups is 1. The van der Waals surface area contributed by atoms with Crippen molar-refractivity contribution in [2.45, 2.75) is 51.0 Å². The SMILES string of the molecule is CC1(C)[C@H](NC(=O)/C(=N\OC(COc2ccc(NC(=O)c3cn(CCCN)[n+](CC4CNC4)c3)cc2)C(=O)O)c2csc(N)n2)C(=O)N1OS(=O)(=O)[O-]. The van der Waals surface area contributed by atoms with Crippen LogP contribution in [0.5, 0.6) is 5.75 Å². The summed E-state index contributed by atoms with van der Waals surface area (Å²) in [5.74, 6) is -3.23. The van der Waals surface area contributed by atoms with Crippen LogP contribution in [-0.4, -0.2) is 106 Å². The topological polar surface area (TPSA) is 299 Å². The Morgan fingerprint density at radius 2 is 1.98 bits per heavy atom. The van der Waals surface area contributed by atoms with E-state index in [1.165, 1.54) is 31.4 Å². The van der Waals surface area contributed by atoms with Crippen molar-refractivity contribution in [3.63, 3.8) is 0 Å². The third-order valence-corrected chi connectivity index (χ3v) is 9.23. The number of β-lactam (4-membered cyclic amide) rings is 1. The van der Waals surface area contributed by atoms with Crippen molar-refractivity contribution in [1.82, 2.24) is 25.4 Å². The number of ether oxygens (including phenoxy) is 1. The molecule has 0 spiro atoms. The fraction of sp³-hybridized carbons (Fsp3) is 0.433. The highest BCUT2D eigenvalue weighted by molar-refractivity contribution is 7.80. The summed E-state index contributed by atoms with van der Waals surface area (Å²) in [6.07, 6.45) is 2.60. The minimum atomic E-state index is -5.29. The van der Waals surface area contributed by atoms with E-state index in [4.69, 9.17) is 21.0 Å². The predicted octanol–water partition coefficient (Wildman–Crippen LogP) is -1.61. The highest BCUT2D eigenvalue weighted by Crippen LogP contribution is 2.33. The molecule has 2 aliphatic heterocycles. The Hall–Kier alpha value is -5.20. The molecule has 5 rings (SSSR count). The molecule has 1 unspecified atom stereocenters. The molecule has 2 atom stereocenters. The molecule has 53 heavy (non-hydrogen) atoms. The van der Waals surface area contributed by atoms with E-state index in [0.717, 1.165) is 37.4 Å². The maximum Gasteiger partial charge on any atom is 0.351 e. The van der Waals surface area contributed by atoms with E-state index in [1.54, 1.807) is 24.5 Å². The minimum absolute atomic E-state index is 0.0322. The highest BCUT2D eigenvalue weighted by atomic mass is 32.3. The van der Waals surface area contributed by atoms with Crippen molar-refractivity contribution >= 4 is 62.0 Å². The third-order valence-electron chi connectivity index (χ3n) is 8.23. The number of aryl methyl sites for hydroxylation is 1. The molecule has 23 heteroatoms. The number of thiazole rings is 1. The summed E-state index contributed by atoms with van der Waals surface area (Å²) in [4.78, 5) is 60.0. The van der Waals surface area contributed by atoms with Crippen LogP contribution in [0.2, 0.25) is 0 Å². The maximum absolute atomic E-state index is 13.3. The second-order valence-corrected chi connectivity index (χ2v) is 14.4. The number of nitrogen functional groups attached to an aromatic ring is 1. The fourth-order valence-corrected chi connectivity index (χ4v) is 6.25. The average molecular weight is 779 g/mol. The second-order valence-electron chi connectivity index (χ2n) is 12.6. The standard InChI is InChI=1S/C30H38N10O11S2/c1-30(2)24(27(43)40(30)51-53(46,47)48)36-26(42)23(21-16-52-29(32)35-21)37-50-22(28(44)45)15-49-20-6-4-19(5-7-20)34-25(41)18-13-38(9-3-8-31)39(14-18)12-17-10-33-11-17/h4-7,13-14,16-17,22,24,33H,3,8-12,15,31H2,1-2H3,(H5-,32,34,35,36,41,42,44,45,46,47,48)/b37-23-/t22?,24-/m1/s1.